The monoisotopic (exact) mass is 395 g/mol. The molecule has 0 aromatic carbocycles. The zero-order chi connectivity index (χ0) is 12.7. The van der Waals surface area contributed by atoms with Crippen molar-refractivity contribution in [2.24, 2.45) is 0 Å². The number of hydrogen-bond acceptors (Lipinski definition) is 2. The number of rotatable bonds is 2. The summed E-state index contributed by atoms with van der Waals surface area (Å²) in [6, 6.07) is 8.75. The standard InChI is InChI=1S/C15H9NSSe2/c1-3-13(18-5-1)10-7-16-15(14-4-2-6-19-14)12-9-17-8-11(10)12/h1-9H. The fourth-order valence-electron chi connectivity index (χ4n) is 2.20. The van der Waals surface area contributed by atoms with Gasteiger partial charge in [0, 0.05) is 0 Å². The summed E-state index contributed by atoms with van der Waals surface area (Å²) >= 11 is 2.69. The van der Waals surface area contributed by atoms with Gasteiger partial charge in [0.25, 0.3) is 0 Å². The predicted octanol–water partition coefficient (Wildman–Crippen LogP) is 3.74. The molecule has 0 saturated carbocycles. The molecule has 0 bridgehead atoms. The third kappa shape index (κ3) is 2.01. The molecule has 0 amide bonds. The zero-order valence-corrected chi connectivity index (χ0v) is 14.1. The van der Waals surface area contributed by atoms with Crippen molar-refractivity contribution in [3.8, 4) is 20.1 Å². The fraction of sp³-hybridized carbons (Fsp3) is 0. The molecule has 4 rings (SSSR count). The van der Waals surface area contributed by atoms with Gasteiger partial charge in [-0.05, 0) is 0 Å². The van der Waals surface area contributed by atoms with Crippen LogP contribution in [-0.4, -0.2) is 34.0 Å². The number of hydrogen-bond donors (Lipinski definition) is 0. The second-order valence-electron chi connectivity index (χ2n) is 4.17. The molecule has 4 aromatic rings. The second-order valence-corrected chi connectivity index (χ2v) is 8.89. The van der Waals surface area contributed by atoms with Gasteiger partial charge < -0.3 is 0 Å². The van der Waals surface area contributed by atoms with Crippen LogP contribution in [0.4, 0.5) is 0 Å². The molecule has 4 aromatic heterocycles. The average Bonchev–Trinajstić information content (AvgIpc) is 3.19. The van der Waals surface area contributed by atoms with Crippen molar-refractivity contribution in [3.05, 3.63) is 51.1 Å². The van der Waals surface area contributed by atoms with Crippen molar-refractivity contribution >= 4 is 51.1 Å². The van der Waals surface area contributed by atoms with E-state index in [0.29, 0.717) is 29.0 Å². The third-order valence-electron chi connectivity index (χ3n) is 3.07. The summed E-state index contributed by atoms with van der Waals surface area (Å²) in [5.74, 6) is 0. The topological polar surface area (TPSA) is 12.9 Å². The molecule has 0 aliphatic rings. The van der Waals surface area contributed by atoms with E-state index in [1.807, 2.05) is 0 Å². The van der Waals surface area contributed by atoms with Crippen LogP contribution in [0.1, 0.15) is 0 Å². The van der Waals surface area contributed by atoms with Gasteiger partial charge in [-0.3, -0.25) is 0 Å². The van der Waals surface area contributed by atoms with Gasteiger partial charge in [0.2, 0.25) is 0 Å². The predicted molar refractivity (Wildman–Crippen MR) is 84.4 cm³/mol. The van der Waals surface area contributed by atoms with Crippen molar-refractivity contribution in [2.45, 2.75) is 0 Å². The molecule has 0 N–H and O–H groups in total. The fourth-order valence-corrected chi connectivity index (χ4v) is 6.14. The van der Waals surface area contributed by atoms with E-state index in [4.69, 9.17) is 4.98 Å². The first-order valence-electron chi connectivity index (χ1n) is 5.86. The maximum absolute atomic E-state index is 4.76. The van der Waals surface area contributed by atoms with Gasteiger partial charge in [-0.15, -0.1) is 0 Å². The number of fused-ring (bicyclic) bond motifs is 1. The van der Waals surface area contributed by atoms with Crippen molar-refractivity contribution in [1.29, 1.82) is 0 Å². The summed E-state index contributed by atoms with van der Waals surface area (Å²) in [6.45, 7) is 0. The number of pyridine rings is 1. The minimum absolute atomic E-state index is 0.446. The Labute approximate surface area is 127 Å². The van der Waals surface area contributed by atoms with Crippen LogP contribution in [0.25, 0.3) is 30.9 Å². The van der Waals surface area contributed by atoms with E-state index in [9.17, 15) is 0 Å². The molecule has 4 heteroatoms. The molecular formula is C15H9NSSe2. The van der Waals surface area contributed by atoms with Gasteiger partial charge >= 0.3 is 127 Å². The molecule has 0 aliphatic heterocycles. The molecule has 19 heavy (non-hydrogen) atoms. The van der Waals surface area contributed by atoms with Crippen LogP contribution in [0.15, 0.2) is 51.1 Å². The molecule has 0 atom stereocenters. The van der Waals surface area contributed by atoms with E-state index in [1.54, 1.807) is 11.3 Å². The molecule has 0 radical (unpaired) electrons. The van der Waals surface area contributed by atoms with Gasteiger partial charge in [-0.25, -0.2) is 0 Å². The molecule has 1 nitrogen and oxygen atoms in total. The summed E-state index contributed by atoms with van der Waals surface area (Å²) < 4.78 is 2.84. The van der Waals surface area contributed by atoms with E-state index >= 15 is 0 Å². The Morgan fingerprint density at radius 3 is 2.37 bits per heavy atom. The van der Waals surface area contributed by atoms with Crippen molar-refractivity contribution in [3.63, 3.8) is 0 Å². The van der Waals surface area contributed by atoms with E-state index in [-0.39, 0.29) is 0 Å². The summed E-state index contributed by atoms with van der Waals surface area (Å²) in [4.78, 5) is 9.28. The van der Waals surface area contributed by atoms with Crippen LogP contribution in [0.5, 0.6) is 0 Å². The van der Waals surface area contributed by atoms with Crippen molar-refractivity contribution < 1.29 is 0 Å². The van der Waals surface area contributed by atoms with E-state index in [2.05, 4.69) is 51.1 Å². The van der Waals surface area contributed by atoms with Gasteiger partial charge in [0.05, 0.1) is 0 Å². The Morgan fingerprint density at radius 2 is 1.63 bits per heavy atom. The number of aromatic nitrogens is 1. The molecular weight excluding hydrogens is 384 g/mol. The first-order chi connectivity index (χ1) is 9.43. The van der Waals surface area contributed by atoms with Crippen LogP contribution < -0.4 is 0 Å². The molecule has 92 valence electrons. The first-order valence-corrected chi connectivity index (χ1v) is 10.5. The van der Waals surface area contributed by atoms with Gasteiger partial charge in [0.15, 0.2) is 0 Å². The Kier molecular flexibility index (Phi) is 3.07. The molecule has 0 unspecified atom stereocenters. The van der Waals surface area contributed by atoms with Crippen LogP contribution >= 0.6 is 11.3 Å². The quantitative estimate of drug-likeness (QED) is 0.473. The normalized spacial score (nSPS) is 11.2. The summed E-state index contributed by atoms with van der Waals surface area (Å²) in [7, 11) is 0. The van der Waals surface area contributed by atoms with E-state index < -0.39 is 0 Å². The maximum atomic E-state index is 4.76. The Morgan fingerprint density at radius 1 is 0.895 bits per heavy atom. The average molecular weight is 393 g/mol. The molecule has 0 fully saturated rings. The van der Waals surface area contributed by atoms with Crippen LogP contribution in [0, 0.1) is 0 Å². The Bertz CT molecular complexity index is 745. The number of nitrogens with zero attached hydrogens (tertiary/aromatic N) is 1. The van der Waals surface area contributed by atoms with E-state index in [0.717, 1.165) is 0 Å². The van der Waals surface area contributed by atoms with Gasteiger partial charge in [-0.1, -0.05) is 0 Å². The van der Waals surface area contributed by atoms with Crippen molar-refractivity contribution in [2.75, 3.05) is 0 Å². The van der Waals surface area contributed by atoms with Gasteiger partial charge in [-0.2, -0.15) is 0 Å². The van der Waals surface area contributed by atoms with Crippen molar-refractivity contribution in [1.82, 2.24) is 4.98 Å². The zero-order valence-electron chi connectivity index (χ0n) is 9.87. The second kappa shape index (κ2) is 4.90. The molecule has 4 heterocycles. The van der Waals surface area contributed by atoms with Crippen LogP contribution in [0.3, 0.4) is 0 Å². The first kappa shape index (κ1) is 11.9. The third-order valence-corrected chi connectivity index (χ3v) is 7.55. The van der Waals surface area contributed by atoms with E-state index in [1.165, 1.54) is 30.9 Å². The Hall–Kier alpha value is -0.891. The summed E-state index contributed by atoms with van der Waals surface area (Å²) in [6.07, 6.45) is 2.07. The molecule has 0 spiro atoms. The van der Waals surface area contributed by atoms with Crippen LogP contribution in [-0.2, 0) is 0 Å². The number of thiophene rings is 1. The summed E-state index contributed by atoms with van der Waals surface area (Å²) in [5, 5.41) is 7.20. The van der Waals surface area contributed by atoms with Crippen LogP contribution in [0.2, 0.25) is 0 Å². The summed E-state index contributed by atoms with van der Waals surface area (Å²) in [5.41, 5.74) is 2.51. The SMILES string of the molecule is c1c[se]c(-c2cnc(-c3ccc[se]3)c3cscc23)c1. The molecule has 0 saturated heterocycles. The Balaban J connectivity index is 2.01. The molecule has 0 aliphatic carbocycles. The minimum atomic E-state index is 0.446. The van der Waals surface area contributed by atoms with Gasteiger partial charge in [0.1, 0.15) is 0 Å².